The van der Waals surface area contributed by atoms with Crippen molar-refractivity contribution in [2.24, 2.45) is 11.1 Å². The van der Waals surface area contributed by atoms with E-state index in [1.54, 1.807) is 0 Å². The van der Waals surface area contributed by atoms with E-state index in [2.05, 4.69) is 13.8 Å². The number of ether oxygens (including phenoxy) is 1. The minimum absolute atomic E-state index is 0.0206. The third-order valence-corrected chi connectivity index (χ3v) is 5.07. The van der Waals surface area contributed by atoms with E-state index in [0.717, 1.165) is 32.1 Å². The van der Waals surface area contributed by atoms with Crippen LogP contribution < -0.4 is 5.73 Å². The van der Waals surface area contributed by atoms with Crippen LogP contribution in [-0.2, 0) is 4.74 Å². The maximum Gasteiger partial charge on any atom is 0.0765 e. The molecule has 0 aromatic carbocycles. The molecule has 1 saturated carbocycles. The highest BCUT2D eigenvalue weighted by molar-refractivity contribution is 5.08. The van der Waals surface area contributed by atoms with Crippen molar-refractivity contribution in [3.8, 4) is 0 Å². The molecule has 0 aromatic rings. The number of hydrogen-bond acceptors (Lipinski definition) is 3. The molecule has 0 spiro atoms. The highest BCUT2D eigenvalue weighted by Crippen LogP contribution is 2.54. The molecule has 2 atom stereocenters. The van der Waals surface area contributed by atoms with Gasteiger partial charge in [0.25, 0.3) is 0 Å². The summed E-state index contributed by atoms with van der Waals surface area (Å²) < 4.78 is 5.82. The Bertz CT molecular complexity index is 259. The Morgan fingerprint density at radius 1 is 1.31 bits per heavy atom. The van der Waals surface area contributed by atoms with Gasteiger partial charge in [-0.2, -0.15) is 0 Å². The average molecular weight is 227 g/mol. The van der Waals surface area contributed by atoms with E-state index in [1.807, 2.05) is 0 Å². The Morgan fingerprint density at radius 2 is 2.00 bits per heavy atom. The first-order valence-electron chi connectivity index (χ1n) is 6.56. The van der Waals surface area contributed by atoms with Gasteiger partial charge in [-0.3, -0.25) is 0 Å². The van der Waals surface area contributed by atoms with Crippen molar-refractivity contribution >= 4 is 0 Å². The lowest BCUT2D eigenvalue weighted by Gasteiger charge is -2.57. The summed E-state index contributed by atoms with van der Waals surface area (Å²) in [6.45, 7) is 5.52. The average Bonchev–Trinajstić information content (AvgIpc) is 2.16. The molecule has 3 N–H and O–H groups in total. The largest absolute Gasteiger partial charge is 0.389 e. The van der Waals surface area contributed by atoms with Gasteiger partial charge < -0.3 is 15.6 Å². The number of rotatable bonds is 3. The first kappa shape index (κ1) is 12.3. The molecule has 3 nitrogen and oxygen atoms in total. The van der Waals surface area contributed by atoms with Gasteiger partial charge in [0, 0.05) is 24.8 Å². The lowest BCUT2D eigenvalue weighted by atomic mass is 9.54. The zero-order chi connectivity index (χ0) is 11.9. The lowest BCUT2D eigenvalue weighted by molar-refractivity contribution is -0.217. The molecule has 94 valence electrons. The summed E-state index contributed by atoms with van der Waals surface area (Å²) in [6, 6.07) is 0. The van der Waals surface area contributed by atoms with E-state index in [1.165, 1.54) is 6.42 Å². The van der Waals surface area contributed by atoms with Gasteiger partial charge in [0.15, 0.2) is 0 Å². The fourth-order valence-corrected chi connectivity index (χ4v) is 3.37. The zero-order valence-electron chi connectivity index (χ0n) is 10.6. The quantitative estimate of drug-likeness (QED) is 0.773. The Hall–Kier alpha value is -0.120. The van der Waals surface area contributed by atoms with E-state index < -0.39 is 5.60 Å². The van der Waals surface area contributed by atoms with Crippen LogP contribution in [0.25, 0.3) is 0 Å². The van der Waals surface area contributed by atoms with Gasteiger partial charge in [-0.1, -0.05) is 13.3 Å². The van der Waals surface area contributed by atoms with E-state index in [-0.39, 0.29) is 11.0 Å². The van der Waals surface area contributed by atoms with Crippen molar-refractivity contribution in [2.45, 2.75) is 63.6 Å². The normalized spacial score (nSPS) is 42.8. The minimum Gasteiger partial charge on any atom is -0.389 e. The van der Waals surface area contributed by atoms with E-state index in [9.17, 15) is 5.11 Å². The van der Waals surface area contributed by atoms with Crippen LogP contribution in [0.2, 0.25) is 0 Å². The first-order chi connectivity index (χ1) is 7.49. The molecule has 1 saturated heterocycles. The molecule has 0 aromatic heterocycles. The van der Waals surface area contributed by atoms with Gasteiger partial charge in [-0.05, 0) is 26.2 Å². The van der Waals surface area contributed by atoms with Crippen LogP contribution in [0.1, 0.15) is 52.4 Å². The predicted octanol–water partition coefficient (Wildman–Crippen LogP) is 1.83. The van der Waals surface area contributed by atoms with Gasteiger partial charge in [0.05, 0.1) is 17.8 Å². The third-order valence-electron chi connectivity index (χ3n) is 5.07. The summed E-state index contributed by atoms with van der Waals surface area (Å²) in [5.74, 6) is 0. The van der Waals surface area contributed by atoms with Gasteiger partial charge in [-0.25, -0.2) is 0 Å². The van der Waals surface area contributed by atoms with E-state index in [0.29, 0.717) is 13.2 Å². The molecule has 2 fully saturated rings. The zero-order valence-corrected chi connectivity index (χ0v) is 10.6. The van der Waals surface area contributed by atoms with Crippen molar-refractivity contribution < 1.29 is 9.84 Å². The molecule has 1 aliphatic heterocycles. The summed E-state index contributed by atoms with van der Waals surface area (Å²) in [4.78, 5) is 0. The van der Waals surface area contributed by atoms with Crippen molar-refractivity contribution in [2.75, 3.05) is 13.2 Å². The standard InChI is InChI=1S/C13H25NO2/c1-3-11(2)9-13(15,7-8-16-11)12(10-14)5-4-6-12/h15H,3-10,14H2,1-2H3. The molecule has 2 unspecified atom stereocenters. The maximum absolute atomic E-state index is 10.9. The first-order valence-corrected chi connectivity index (χ1v) is 6.56. The topological polar surface area (TPSA) is 55.5 Å². The second-order valence-corrected chi connectivity index (χ2v) is 5.95. The Labute approximate surface area is 98.4 Å². The molecular formula is C13H25NO2. The lowest BCUT2D eigenvalue weighted by Crippen LogP contribution is -2.62. The fourth-order valence-electron chi connectivity index (χ4n) is 3.37. The summed E-state index contributed by atoms with van der Waals surface area (Å²) in [5, 5.41) is 10.9. The van der Waals surface area contributed by atoms with E-state index >= 15 is 0 Å². The molecule has 2 aliphatic rings. The molecule has 3 heteroatoms. The summed E-state index contributed by atoms with van der Waals surface area (Å²) in [5.41, 5.74) is 5.14. The second kappa shape index (κ2) is 3.97. The van der Waals surface area contributed by atoms with Crippen molar-refractivity contribution in [3.05, 3.63) is 0 Å². The van der Waals surface area contributed by atoms with Crippen molar-refractivity contribution in [1.82, 2.24) is 0 Å². The van der Waals surface area contributed by atoms with Crippen LogP contribution in [0.3, 0.4) is 0 Å². The van der Waals surface area contributed by atoms with Crippen molar-refractivity contribution in [1.29, 1.82) is 0 Å². The highest BCUT2D eigenvalue weighted by atomic mass is 16.5. The molecule has 0 amide bonds. The number of hydrogen-bond donors (Lipinski definition) is 2. The van der Waals surface area contributed by atoms with Gasteiger partial charge in [0.2, 0.25) is 0 Å². The molecule has 1 heterocycles. The van der Waals surface area contributed by atoms with Gasteiger partial charge in [0.1, 0.15) is 0 Å². The number of nitrogens with two attached hydrogens (primary N) is 1. The van der Waals surface area contributed by atoms with Gasteiger partial charge in [-0.15, -0.1) is 0 Å². The molecule has 1 aliphatic carbocycles. The van der Waals surface area contributed by atoms with Crippen molar-refractivity contribution in [3.63, 3.8) is 0 Å². The molecule has 2 rings (SSSR count). The third kappa shape index (κ3) is 1.69. The second-order valence-electron chi connectivity index (χ2n) is 5.95. The monoisotopic (exact) mass is 227 g/mol. The molecule has 16 heavy (non-hydrogen) atoms. The SMILES string of the molecule is CCC1(C)CC(O)(C2(CN)CCC2)CCO1. The van der Waals surface area contributed by atoms with Crippen LogP contribution >= 0.6 is 0 Å². The smallest absolute Gasteiger partial charge is 0.0765 e. The minimum atomic E-state index is -0.594. The predicted molar refractivity (Wildman–Crippen MR) is 64.2 cm³/mol. The van der Waals surface area contributed by atoms with Gasteiger partial charge >= 0.3 is 0 Å². The summed E-state index contributed by atoms with van der Waals surface area (Å²) in [6.07, 6.45) is 5.83. The summed E-state index contributed by atoms with van der Waals surface area (Å²) in [7, 11) is 0. The fraction of sp³-hybridized carbons (Fsp3) is 1.00. The van der Waals surface area contributed by atoms with Crippen LogP contribution in [0.15, 0.2) is 0 Å². The van der Waals surface area contributed by atoms with E-state index in [4.69, 9.17) is 10.5 Å². The Morgan fingerprint density at radius 3 is 2.44 bits per heavy atom. The summed E-state index contributed by atoms with van der Waals surface area (Å²) >= 11 is 0. The molecular weight excluding hydrogens is 202 g/mol. The number of aliphatic hydroxyl groups is 1. The molecule has 0 radical (unpaired) electrons. The maximum atomic E-state index is 10.9. The van der Waals surface area contributed by atoms with Crippen LogP contribution in [0, 0.1) is 5.41 Å². The molecule has 0 bridgehead atoms. The Balaban J connectivity index is 2.17. The van der Waals surface area contributed by atoms with Crippen LogP contribution in [-0.4, -0.2) is 29.5 Å². The Kier molecular flexibility index (Phi) is 3.06. The van der Waals surface area contributed by atoms with Crippen LogP contribution in [0.5, 0.6) is 0 Å². The van der Waals surface area contributed by atoms with Crippen LogP contribution in [0.4, 0.5) is 0 Å². The highest BCUT2D eigenvalue weighted by Gasteiger charge is 2.56.